The van der Waals surface area contributed by atoms with Gasteiger partial charge in [-0.05, 0) is 96.2 Å². The topological polar surface area (TPSA) is 35.2 Å². The molecule has 6 fully saturated rings. The van der Waals surface area contributed by atoms with E-state index in [0.717, 1.165) is 57.5 Å². The van der Waals surface area contributed by atoms with Crippen LogP contribution in [0.15, 0.2) is 0 Å². The van der Waals surface area contributed by atoms with Gasteiger partial charge >= 0.3 is 6.18 Å². The maximum atomic E-state index is 12.0. The molecule has 9 nitrogen and oxygen atoms in total. The molecule has 0 radical (unpaired) electrons. The van der Waals surface area contributed by atoms with Gasteiger partial charge in [-0.3, -0.25) is 34.3 Å². The molecular formula is C41H85F3N8OS. The molecule has 0 aromatic carbocycles. The van der Waals surface area contributed by atoms with Gasteiger partial charge < -0.3 is 9.64 Å². The second-order valence-electron chi connectivity index (χ2n) is 17.6. The van der Waals surface area contributed by atoms with Crippen LogP contribution in [0.25, 0.3) is 0 Å². The normalized spacial score (nSPS) is 24.4. The first kappa shape index (κ1) is 49.9. The maximum Gasteiger partial charge on any atom is 0.401 e. The molecule has 0 bridgehead atoms. The van der Waals surface area contributed by atoms with Gasteiger partial charge in [0.05, 0.1) is 19.8 Å². The molecule has 1 aliphatic carbocycles. The van der Waals surface area contributed by atoms with Gasteiger partial charge in [0, 0.05) is 145 Å². The highest BCUT2D eigenvalue weighted by Gasteiger charge is 2.49. The van der Waals surface area contributed by atoms with Gasteiger partial charge in [0.25, 0.3) is 0 Å². The van der Waals surface area contributed by atoms with Crippen LogP contribution in [0.3, 0.4) is 0 Å². The molecule has 0 atom stereocenters. The van der Waals surface area contributed by atoms with E-state index in [1.54, 1.807) is 0 Å². The summed E-state index contributed by atoms with van der Waals surface area (Å²) < 4.78 is 41.3. The number of thioether (sulfide) groups is 1. The highest BCUT2D eigenvalue weighted by atomic mass is 32.2. The third kappa shape index (κ3) is 20.0. The van der Waals surface area contributed by atoms with Gasteiger partial charge in [0.1, 0.15) is 0 Å². The Kier molecular flexibility index (Phi) is 23.4. The summed E-state index contributed by atoms with van der Waals surface area (Å²) in [7, 11) is 4.47. The predicted octanol–water partition coefficient (Wildman–Crippen LogP) is 5.56. The fraction of sp³-hybridized carbons (Fsp3) is 1.00. The molecule has 6 aliphatic rings. The van der Waals surface area contributed by atoms with Crippen LogP contribution in [0, 0.1) is 0 Å². The molecule has 0 aromatic heterocycles. The lowest BCUT2D eigenvalue weighted by molar-refractivity contribution is -0.149. The first-order valence-corrected chi connectivity index (χ1v) is 22.5. The Morgan fingerprint density at radius 3 is 1.28 bits per heavy atom. The van der Waals surface area contributed by atoms with E-state index in [4.69, 9.17) is 4.74 Å². The van der Waals surface area contributed by atoms with Crippen LogP contribution in [0.4, 0.5) is 13.2 Å². The molecule has 5 heterocycles. The molecule has 0 unspecified atom stereocenters. The average molecular weight is 795 g/mol. The van der Waals surface area contributed by atoms with Crippen molar-refractivity contribution in [1.82, 2.24) is 39.2 Å². The summed E-state index contributed by atoms with van der Waals surface area (Å²) >= 11 is 2.07. The minimum Gasteiger partial charge on any atom is -0.379 e. The lowest BCUT2D eigenvalue weighted by atomic mass is 10.1. The molecule has 1 spiro atoms. The Labute approximate surface area is 335 Å². The Bertz CT molecular complexity index is 921. The van der Waals surface area contributed by atoms with Gasteiger partial charge in [-0.25, -0.2) is 0 Å². The van der Waals surface area contributed by atoms with Crippen LogP contribution in [-0.4, -0.2) is 225 Å². The predicted molar refractivity (Wildman–Crippen MR) is 226 cm³/mol. The fourth-order valence-electron chi connectivity index (χ4n) is 7.44. The Balaban J connectivity index is 0.000000236. The number of rotatable bonds is 6. The second kappa shape index (κ2) is 25.3. The lowest BCUT2D eigenvalue weighted by Gasteiger charge is -2.42. The lowest BCUT2D eigenvalue weighted by Crippen LogP contribution is -2.54. The average Bonchev–Trinajstić information content (AvgIpc) is 3.91. The van der Waals surface area contributed by atoms with Gasteiger partial charge in [-0.2, -0.15) is 24.9 Å². The molecule has 5 aliphatic heterocycles. The van der Waals surface area contributed by atoms with E-state index in [0.29, 0.717) is 30.7 Å². The van der Waals surface area contributed by atoms with Crippen molar-refractivity contribution in [2.24, 2.45) is 0 Å². The number of morpholine rings is 1. The van der Waals surface area contributed by atoms with Crippen molar-refractivity contribution in [3.05, 3.63) is 0 Å². The molecule has 0 aromatic rings. The Morgan fingerprint density at radius 1 is 0.519 bits per heavy atom. The third-order valence-corrected chi connectivity index (χ3v) is 12.9. The minimum absolute atomic E-state index is 0.433. The van der Waals surface area contributed by atoms with Gasteiger partial charge in [0.2, 0.25) is 0 Å². The van der Waals surface area contributed by atoms with Crippen LogP contribution >= 0.6 is 11.8 Å². The number of alkyl halides is 3. The summed E-state index contributed by atoms with van der Waals surface area (Å²) in [4.78, 5) is 18.7. The number of halogens is 3. The second-order valence-corrected chi connectivity index (χ2v) is 18.9. The molecule has 0 amide bonds. The van der Waals surface area contributed by atoms with E-state index in [1.807, 2.05) is 0 Å². The van der Waals surface area contributed by atoms with Crippen molar-refractivity contribution in [1.29, 1.82) is 0 Å². The van der Waals surface area contributed by atoms with E-state index >= 15 is 0 Å². The van der Waals surface area contributed by atoms with Crippen molar-refractivity contribution in [2.45, 2.75) is 124 Å². The number of ether oxygens (including phenoxy) is 1. The first-order chi connectivity index (χ1) is 25.3. The molecule has 0 N–H and O–H groups in total. The van der Waals surface area contributed by atoms with Crippen LogP contribution in [0.1, 0.15) is 82.1 Å². The zero-order chi connectivity index (χ0) is 40.5. The molecule has 5 saturated heterocycles. The van der Waals surface area contributed by atoms with Gasteiger partial charge in [0.15, 0.2) is 0 Å². The maximum absolute atomic E-state index is 12.0. The summed E-state index contributed by atoms with van der Waals surface area (Å²) in [5.74, 6) is 2.66. The summed E-state index contributed by atoms with van der Waals surface area (Å²) in [6.45, 7) is 39.5. The Morgan fingerprint density at radius 2 is 0.907 bits per heavy atom. The monoisotopic (exact) mass is 795 g/mol. The van der Waals surface area contributed by atoms with E-state index < -0.39 is 12.7 Å². The first-order valence-electron chi connectivity index (χ1n) is 21.4. The van der Waals surface area contributed by atoms with Crippen LogP contribution in [0.2, 0.25) is 0 Å². The highest BCUT2D eigenvalue weighted by Crippen LogP contribution is 2.43. The number of likely N-dealkylation sites (N-methyl/N-ethyl adjacent to an activating group) is 2. The zero-order valence-electron chi connectivity index (χ0n) is 37.0. The summed E-state index contributed by atoms with van der Waals surface area (Å²) in [5.41, 5.74) is 0.600. The van der Waals surface area contributed by atoms with Gasteiger partial charge in [-0.1, -0.05) is 0 Å². The van der Waals surface area contributed by atoms with Crippen molar-refractivity contribution >= 4 is 11.8 Å². The van der Waals surface area contributed by atoms with Crippen LogP contribution in [-0.2, 0) is 4.74 Å². The summed E-state index contributed by atoms with van der Waals surface area (Å²) in [5, 5.41) is 0. The number of hydrogen-bond donors (Lipinski definition) is 0. The van der Waals surface area contributed by atoms with Gasteiger partial charge in [-0.15, -0.1) is 0 Å². The molecule has 13 heteroatoms. The quantitative estimate of drug-likeness (QED) is 0.342. The molecule has 322 valence electrons. The standard InChI is InChI=1S/C10H20N2.C9H17F3N2.C8H18N2.C7H15NO.C7H15NS/c1-9(2)12-7-6-11(3)10(8-12)4-5-10;1-8(2)14-5-3-13(4-6-14)7-9(10,11)12;1-8(2)10-6-4-9(3)5-7-10;2*1-7(2)8-3-5-9-6-4-8/h9H,4-8H2,1-3H3;8H,3-7H2,1-2H3;8H,4-7H2,1-3H3;2*7H,3-6H2,1-2H3. The highest BCUT2D eigenvalue weighted by molar-refractivity contribution is 7.99. The van der Waals surface area contributed by atoms with E-state index in [-0.39, 0.29) is 0 Å². The number of hydrogen-bond acceptors (Lipinski definition) is 10. The number of piperazine rings is 3. The number of nitrogens with zero attached hydrogens (tertiary/aromatic N) is 8. The smallest absolute Gasteiger partial charge is 0.379 e. The Hall–Kier alpha value is -0.220. The molecule has 54 heavy (non-hydrogen) atoms. The van der Waals surface area contributed by atoms with Crippen LogP contribution in [0.5, 0.6) is 0 Å². The summed E-state index contributed by atoms with van der Waals surface area (Å²) in [6, 6.07) is 3.34. The van der Waals surface area contributed by atoms with E-state index in [1.165, 1.54) is 88.2 Å². The zero-order valence-corrected chi connectivity index (χ0v) is 37.8. The van der Waals surface area contributed by atoms with Crippen molar-refractivity contribution in [2.75, 3.05) is 144 Å². The summed E-state index contributed by atoms with van der Waals surface area (Å²) in [6.07, 6.45) is -1.21. The molecule has 1 saturated carbocycles. The largest absolute Gasteiger partial charge is 0.401 e. The van der Waals surface area contributed by atoms with Crippen molar-refractivity contribution in [3.8, 4) is 0 Å². The van der Waals surface area contributed by atoms with Crippen molar-refractivity contribution < 1.29 is 17.9 Å². The minimum atomic E-state index is -4.06. The van der Waals surface area contributed by atoms with Crippen molar-refractivity contribution in [3.63, 3.8) is 0 Å². The van der Waals surface area contributed by atoms with E-state index in [9.17, 15) is 13.2 Å². The molecular weight excluding hydrogens is 710 g/mol. The van der Waals surface area contributed by atoms with Crippen LogP contribution < -0.4 is 0 Å². The van der Waals surface area contributed by atoms with E-state index in [2.05, 4.69) is 129 Å². The third-order valence-electron chi connectivity index (χ3n) is 11.9. The SMILES string of the molecule is CC(C)N1CCN(C)C2(CC2)C1.CC(C)N1CCN(C)CC1.CC(C)N1CCN(CC(F)(F)F)CC1.CC(C)N1CCOCC1.CC(C)N1CCSCC1. The molecule has 6 rings (SSSR count). The fourth-order valence-corrected chi connectivity index (χ4v) is 8.37.